The molecular formula is C11H14BrFN2O2S. The summed E-state index contributed by atoms with van der Waals surface area (Å²) in [5, 5.41) is 3.01. The van der Waals surface area contributed by atoms with Gasteiger partial charge >= 0.3 is 0 Å². The van der Waals surface area contributed by atoms with E-state index in [0.717, 1.165) is 6.42 Å². The molecule has 4 nitrogen and oxygen atoms in total. The van der Waals surface area contributed by atoms with E-state index in [-0.39, 0.29) is 17.5 Å². The van der Waals surface area contributed by atoms with Crippen molar-refractivity contribution in [2.45, 2.75) is 18.9 Å². The van der Waals surface area contributed by atoms with Crippen molar-refractivity contribution >= 4 is 37.1 Å². The molecule has 7 heteroatoms. The molecule has 0 aromatic heterocycles. The lowest BCUT2D eigenvalue weighted by atomic mass is 10.1. The van der Waals surface area contributed by atoms with Crippen LogP contribution in [0.3, 0.4) is 0 Å². The molecule has 0 bridgehead atoms. The van der Waals surface area contributed by atoms with Crippen LogP contribution in [0.25, 0.3) is 0 Å². The highest BCUT2D eigenvalue weighted by Gasteiger charge is 2.25. The molecule has 0 spiro atoms. The van der Waals surface area contributed by atoms with Crippen molar-refractivity contribution in [1.29, 1.82) is 0 Å². The summed E-state index contributed by atoms with van der Waals surface area (Å²) >= 11 is 3.04. The molecule has 100 valence electrons. The van der Waals surface area contributed by atoms with Crippen LogP contribution in [-0.4, -0.2) is 26.0 Å². The molecule has 1 aliphatic rings. The zero-order chi connectivity index (χ0) is 13.3. The molecule has 1 fully saturated rings. The first-order chi connectivity index (χ1) is 8.37. The van der Waals surface area contributed by atoms with Crippen molar-refractivity contribution in [3.63, 3.8) is 0 Å². The number of anilines is 2. The fourth-order valence-corrected chi connectivity index (χ4v) is 4.04. The number of nitrogen functional groups attached to an aromatic ring is 1. The molecule has 1 atom stereocenters. The quantitative estimate of drug-likeness (QED) is 0.812. The molecule has 1 saturated heterocycles. The summed E-state index contributed by atoms with van der Waals surface area (Å²) in [6.07, 6.45) is 1.37. The fraction of sp³-hybridized carbons (Fsp3) is 0.455. The summed E-state index contributed by atoms with van der Waals surface area (Å²) in [5.74, 6) is -0.121. The molecule has 18 heavy (non-hydrogen) atoms. The average Bonchev–Trinajstić information content (AvgIpc) is 2.24. The van der Waals surface area contributed by atoms with Gasteiger partial charge in [0.1, 0.15) is 5.82 Å². The molecule has 0 amide bonds. The molecule has 3 N–H and O–H groups in total. The van der Waals surface area contributed by atoms with Gasteiger partial charge in [0.15, 0.2) is 9.84 Å². The number of nitrogens with two attached hydrogens (primary N) is 1. The Bertz CT molecular complexity index is 562. The van der Waals surface area contributed by atoms with E-state index in [1.54, 1.807) is 0 Å². The normalized spacial score (nSPS) is 22.7. The van der Waals surface area contributed by atoms with Crippen LogP contribution in [0.2, 0.25) is 0 Å². The lowest BCUT2D eigenvalue weighted by molar-refractivity contribution is 0.562. The van der Waals surface area contributed by atoms with Gasteiger partial charge in [-0.2, -0.15) is 0 Å². The monoisotopic (exact) mass is 336 g/mol. The molecule has 1 aromatic rings. The summed E-state index contributed by atoms with van der Waals surface area (Å²) in [5.41, 5.74) is 6.60. The second kappa shape index (κ2) is 5.05. The first kappa shape index (κ1) is 13.6. The zero-order valence-electron chi connectivity index (χ0n) is 9.62. The van der Waals surface area contributed by atoms with Gasteiger partial charge < -0.3 is 11.1 Å². The van der Waals surface area contributed by atoms with Crippen molar-refractivity contribution in [1.82, 2.24) is 0 Å². The third kappa shape index (κ3) is 3.14. The Kier molecular flexibility index (Phi) is 3.82. The average molecular weight is 337 g/mol. The highest BCUT2D eigenvalue weighted by molar-refractivity contribution is 9.10. The predicted molar refractivity (Wildman–Crippen MR) is 73.8 cm³/mol. The Morgan fingerprint density at radius 3 is 2.83 bits per heavy atom. The van der Waals surface area contributed by atoms with Gasteiger partial charge in [-0.3, -0.25) is 0 Å². The number of nitrogens with one attached hydrogen (secondary N) is 1. The number of hydrogen-bond donors (Lipinski definition) is 2. The van der Waals surface area contributed by atoms with E-state index < -0.39 is 15.7 Å². The maximum atomic E-state index is 13.4. The van der Waals surface area contributed by atoms with Crippen molar-refractivity contribution in [3.05, 3.63) is 22.4 Å². The lowest BCUT2D eigenvalue weighted by Gasteiger charge is -2.24. The van der Waals surface area contributed by atoms with E-state index in [4.69, 9.17) is 5.73 Å². The van der Waals surface area contributed by atoms with E-state index in [2.05, 4.69) is 21.2 Å². The number of sulfone groups is 1. The van der Waals surface area contributed by atoms with Crippen LogP contribution in [-0.2, 0) is 9.84 Å². The number of benzene rings is 1. The Morgan fingerprint density at radius 2 is 2.17 bits per heavy atom. The molecular weight excluding hydrogens is 323 g/mol. The number of halogens is 2. The maximum Gasteiger partial charge on any atom is 0.152 e. The Labute approximate surface area is 114 Å². The standard InChI is InChI=1S/C11H14BrFN2O2S/c12-8-4-10(14)11(5-9(8)13)15-7-2-1-3-18(16,17)6-7/h4-5,7,15H,1-3,6,14H2. The third-order valence-electron chi connectivity index (χ3n) is 2.92. The Balaban J connectivity index is 2.17. The zero-order valence-corrected chi connectivity index (χ0v) is 12.0. The fourth-order valence-electron chi connectivity index (χ4n) is 2.04. The van der Waals surface area contributed by atoms with Gasteiger partial charge in [-0.1, -0.05) is 0 Å². The van der Waals surface area contributed by atoms with Gasteiger partial charge in [-0.05, 0) is 34.8 Å². The van der Waals surface area contributed by atoms with Crippen molar-refractivity contribution in [3.8, 4) is 0 Å². The minimum atomic E-state index is -2.99. The largest absolute Gasteiger partial charge is 0.397 e. The van der Waals surface area contributed by atoms with Gasteiger partial charge in [0.05, 0.1) is 27.4 Å². The first-order valence-corrected chi connectivity index (χ1v) is 8.20. The molecule has 0 aliphatic carbocycles. The molecule has 0 saturated carbocycles. The topological polar surface area (TPSA) is 72.2 Å². The van der Waals surface area contributed by atoms with E-state index >= 15 is 0 Å². The smallest absolute Gasteiger partial charge is 0.152 e. The van der Waals surface area contributed by atoms with Gasteiger partial charge in [0, 0.05) is 12.1 Å². The van der Waals surface area contributed by atoms with Crippen LogP contribution >= 0.6 is 15.9 Å². The second-order valence-corrected chi connectivity index (χ2v) is 7.53. The summed E-state index contributed by atoms with van der Waals surface area (Å²) in [4.78, 5) is 0. The van der Waals surface area contributed by atoms with Gasteiger partial charge in [0.2, 0.25) is 0 Å². The minimum absolute atomic E-state index is 0.0735. The molecule has 0 radical (unpaired) electrons. The van der Waals surface area contributed by atoms with Crippen molar-refractivity contribution in [2.24, 2.45) is 0 Å². The van der Waals surface area contributed by atoms with E-state index in [1.807, 2.05) is 0 Å². The van der Waals surface area contributed by atoms with Crippen LogP contribution < -0.4 is 11.1 Å². The van der Waals surface area contributed by atoms with Crippen LogP contribution in [0.5, 0.6) is 0 Å². The van der Waals surface area contributed by atoms with Gasteiger partial charge in [-0.15, -0.1) is 0 Å². The Hall–Kier alpha value is -0.820. The molecule has 1 aromatic carbocycles. The lowest BCUT2D eigenvalue weighted by Crippen LogP contribution is -2.35. The summed E-state index contributed by atoms with van der Waals surface area (Å²) in [6, 6.07) is 2.54. The van der Waals surface area contributed by atoms with Crippen LogP contribution in [0, 0.1) is 5.82 Å². The van der Waals surface area contributed by atoms with E-state index in [1.165, 1.54) is 12.1 Å². The summed E-state index contributed by atoms with van der Waals surface area (Å²) in [7, 11) is -2.99. The third-order valence-corrected chi connectivity index (χ3v) is 5.34. The molecule has 2 rings (SSSR count). The van der Waals surface area contributed by atoms with Crippen molar-refractivity contribution < 1.29 is 12.8 Å². The van der Waals surface area contributed by atoms with Crippen LogP contribution in [0.15, 0.2) is 16.6 Å². The minimum Gasteiger partial charge on any atom is -0.397 e. The Morgan fingerprint density at radius 1 is 1.44 bits per heavy atom. The predicted octanol–water partition coefficient (Wildman–Crippen LogP) is 2.16. The van der Waals surface area contributed by atoms with E-state index in [0.29, 0.717) is 22.3 Å². The van der Waals surface area contributed by atoms with Crippen molar-refractivity contribution in [2.75, 3.05) is 22.6 Å². The van der Waals surface area contributed by atoms with Gasteiger partial charge in [-0.25, -0.2) is 12.8 Å². The summed E-state index contributed by atoms with van der Waals surface area (Å²) in [6.45, 7) is 0. The second-order valence-electron chi connectivity index (χ2n) is 4.45. The summed E-state index contributed by atoms with van der Waals surface area (Å²) < 4.78 is 36.7. The van der Waals surface area contributed by atoms with E-state index in [9.17, 15) is 12.8 Å². The molecule has 1 aliphatic heterocycles. The first-order valence-electron chi connectivity index (χ1n) is 5.59. The number of rotatable bonds is 2. The maximum absolute atomic E-state index is 13.4. The van der Waals surface area contributed by atoms with Crippen LogP contribution in [0.4, 0.5) is 15.8 Å². The van der Waals surface area contributed by atoms with Crippen LogP contribution in [0.1, 0.15) is 12.8 Å². The SMILES string of the molecule is Nc1cc(Br)c(F)cc1NC1CCCS(=O)(=O)C1. The van der Waals surface area contributed by atoms with Gasteiger partial charge in [0.25, 0.3) is 0 Å². The number of hydrogen-bond acceptors (Lipinski definition) is 4. The highest BCUT2D eigenvalue weighted by atomic mass is 79.9. The molecule has 1 unspecified atom stereocenters. The molecule has 1 heterocycles. The highest BCUT2D eigenvalue weighted by Crippen LogP contribution is 2.28.